The van der Waals surface area contributed by atoms with E-state index in [1.54, 1.807) is 12.1 Å². The number of rotatable bonds is 6. The molecular formula is C18H16N6O. The van der Waals surface area contributed by atoms with Gasteiger partial charge in [0.2, 0.25) is 11.8 Å². The molecule has 0 radical (unpaired) electrons. The molecule has 0 fully saturated rings. The Morgan fingerprint density at radius 1 is 1.24 bits per heavy atom. The highest BCUT2D eigenvalue weighted by Gasteiger charge is 2.14. The fraction of sp³-hybridized carbons (Fsp3) is 0.111. The molecule has 1 aromatic carbocycles. The molecule has 25 heavy (non-hydrogen) atoms. The van der Waals surface area contributed by atoms with E-state index in [4.69, 9.17) is 10.5 Å². The number of hydrogen-bond acceptors (Lipinski definition) is 7. The second kappa shape index (κ2) is 7.27. The van der Waals surface area contributed by atoms with Crippen LogP contribution in [-0.4, -0.2) is 21.5 Å². The van der Waals surface area contributed by atoms with E-state index in [2.05, 4.69) is 32.9 Å². The fourth-order valence-corrected chi connectivity index (χ4v) is 2.27. The van der Waals surface area contributed by atoms with E-state index in [1.165, 1.54) is 0 Å². The van der Waals surface area contributed by atoms with Gasteiger partial charge in [0.1, 0.15) is 18.5 Å². The summed E-state index contributed by atoms with van der Waals surface area (Å²) in [6.07, 6.45) is 1.68. The second-order valence-electron chi connectivity index (χ2n) is 5.20. The van der Waals surface area contributed by atoms with Gasteiger partial charge in [-0.2, -0.15) is 15.2 Å². The van der Waals surface area contributed by atoms with Gasteiger partial charge in [0, 0.05) is 6.54 Å². The molecule has 3 aromatic rings. The molecule has 0 amide bonds. The molecule has 2 aromatic heterocycles. The smallest absolute Gasteiger partial charge is 0.228 e. The van der Waals surface area contributed by atoms with Gasteiger partial charge >= 0.3 is 0 Å². The normalized spacial score (nSPS) is 10.2. The maximum absolute atomic E-state index is 9.37. The van der Waals surface area contributed by atoms with Crippen LogP contribution in [0, 0.1) is 11.3 Å². The average Bonchev–Trinajstić information content (AvgIpc) is 2.64. The highest BCUT2D eigenvalue weighted by Crippen LogP contribution is 2.27. The number of benzene rings is 1. The van der Waals surface area contributed by atoms with Crippen molar-refractivity contribution in [2.45, 2.75) is 6.61 Å². The van der Waals surface area contributed by atoms with E-state index >= 15 is 0 Å². The lowest BCUT2D eigenvalue weighted by Gasteiger charge is -2.11. The largest absolute Gasteiger partial charge is 0.472 e. The number of hydrogen-bond donors (Lipinski definition) is 2. The van der Waals surface area contributed by atoms with Gasteiger partial charge in [-0.05, 0) is 11.6 Å². The number of nitrogens with zero attached hydrogens (tertiary/aromatic N) is 4. The van der Waals surface area contributed by atoms with Crippen molar-refractivity contribution in [1.29, 1.82) is 5.26 Å². The minimum atomic E-state index is 0.0578. The number of ether oxygens (including phenoxy) is 1. The number of pyridine rings is 1. The molecule has 0 atom stereocenters. The lowest BCUT2D eigenvalue weighted by atomic mass is 10.2. The number of aromatic nitrogens is 3. The van der Waals surface area contributed by atoms with Gasteiger partial charge in [0.05, 0.1) is 10.9 Å². The third-order valence-corrected chi connectivity index (χ3v) is 3.42. The third-order valence-electron chi connectivity index (χ3n) is 3.42. The first-order valence-corrected chi connectivity index (χ1v) is 7.61. The molecule has 2 heterocycles. The van der Waals surface area contributed by atoms with Gasteiger partial charge in [-0.15, -0.1) is 6.58 Å². The number of nitrogens with one attached hydrogen (secondary N) is 1. The first-order chi connectivity index (χ1) is 12.2. The van der Waals surface area contributed by atoms with Gasteiger partial charge in [-0.1, -0.05) is 36.4 Å². The van der Waals surface area contributed by atoms with Crippen molar-refractivity contribution < 1.29 is 4.74 Å². The molecule has 0 unspecified atom stereocenters. The minimum absolute atomic E-state index is 0.0578. The second-order valence-corrected chi connectivity index (χ2v) is 5.20. The summed E-state index contributed by atoms with van der Waals surface area (Å²) in [5.74, 6) is 0.773. The Morgan fingerprint density at radius 3 is 2.76 bits per heavy atom. The highest BCUT2D eigenvalue weighted by molar-refractivity contribution is 5.85. The van der Waals surface area contributed by atoms with E-state index in [0.717, 1.165) is 5.56 Å². The fourth-order valence-electron chi connectivity index (χ4n) is 2.27. The summed E-state index contributed by atoms with van der Waals surface area (Å²) in [4.78, 5) is 12.6. The zero-order chi connectivity index (χ0) is 17.6. The van der Waals surface area contributed by atoms with E-state index < -0.39 is 0 Å². The van der Waals surface area contributed by atoms with Crippen LogP contribution in [0.5, 0.6) is 5.88 Å². The number of nitriles is 1. The summed E-state index contributed by atoms with van der Waals surface area (Å²) in [6.45, 7) is 4.44. The third kappa shape index (κ3) is 3.64. The van der Waals surface area contributed by atoms with Crippen LogP contribution in [0.25, 0.3) is 11.0 Å². The quantitative estimate of drug-likeness (QED) is 0.668. The summed E-state index contributed by atoms with van der Waals surface area (Å²) < 4.78 is 5.79. The lowest BCUT2D eigenvalue weighted by molar-refractivity contribution is 0.298. The standard InChI is InChI=1S/C18H16N6O/c1-2-8-21-15-13(10-19)9-14-16(22-15)23-18(20)24-17(14)25-11-12-6-4-3-5-7-12/h2-7,9H,1,8,11H2,(H3,20,21,22,23,24). The molecule has 124 valence electrons. The van der Waals surface area contributed by atoms with Crippen LogP contribution in [0.15, 0.2) is 49.1 Å². The SMILES string of the molecule is C=CCNc1nc2nc(N)nc(OCc3ccccc3)c2cc1C#N. The predicted molar refractivity (Wildman–Crippen MR) is 95.9 cm³/mol. The molecule has 0 aliphatic carbocycles. The summed E-state index contributed by atoms with van der Waals surface area (Å²) in [5.41, 5.74) is 7.49. The van der Waals surface area contributed by atoms with Crippen LogP contribution < -0.4 is 15.8 Å². The zero-order valence-electron chi connectivity index (χ0n) is 13.4. The Bertz CT molecular complexity index is 949. The van der Waals surface area contributed by atoms with Crippen molar-refractivity contribution in [1.82, 2.24) is 15.0 Å². The van der Waals surface area contributed by atoms with Crippen molar-refractivity contribution in [3.05, 3.63) is 60.2 Å². The Kier molecular flexibility index (Phi) is 4.72. The Hall–Kier alpha value is -3.66. The average molecular weight is 332 g/mol. The highest BCUT2D eigenvalue weighted by atomic mass is 16.5. The number of nitrogens with two attached hydrogens (primary N) is 1. The predicted octanol–water partition coefficient (Wildman–Crippen LogP) is 2.66. The summed E-state index contributed by atoms with van der Waals surface area (Å²) in [5, 5.41) is 12.9. The first-order valence-electron chi connectivity index (χ1n) is 7.61. The van der Waals surface area contributed by atoms with E-state index in [-0.39, 0.29) is 5.95 Å². The maximum atomic E-state index is 9.37. The van der Waals surface area contributed by atoms with Crippen LogP contribution in [0.2, 0.25) is 0 Å². The maximum Gasteiger partial charge on any atom is 0.228 e. The Morgan fingerprint density at radius 2 is 2.04 bits per heavy atom. The van der Waals surface area contributed by atoms with Crippen LogP contribution in [0.3, 0.4) is 0 Å². The van der Waals surface area contributed by atoms with Crippen molar-refractivity contribution in [3.63, 3.8) is 0 Å². The Balaban J connectivity index is 2.00. The van der Waals surface area contributed by atoms with Crippen LogP contribution >= 0.6 is 0 Å². The van der Waals surface area contributed by atoms with E-state index in [1.807, 2.05) is 30.3 Å². The lowest BCUT2D eigenvalue weighted by Crippen LogP contribution is -2.07. The van der Waals surface area contributed by atoms with Crippen molar-refractivity contribution in [2.24, 2.45) is 0 Å². The molecule has 3 N–H and O–H groups in total. The molecule has 0 saturated carbocycles. The van der Waals surface area contributed by atoms with Crippen molar-refractivity contribution in [2.75, 3.05) is 17.6 Å². The van der Waals surface area contributed by atoms with Gasteiger partial charge in [0.25, 0.3) is 0 Å². The van der Waals surface area contributed by atoms with E-state index in [0.29, 0.717) is 41.4 Å². The van der Waals surface area contributed by atoms with Gasteiger partial charge in [-0.25, -0.2) is 4.98 Å². The molecule has 0 bridgehead atoms. The molecular weight excluding hydrogens is 316 g/mol. The van der Waals surface area contributed by atoms with Crippen molar-refractivity contribution in [3.8, 4) is 11.9 Å². The van der Waals surface area contributed by atoms with Crippen molar-refractivity contribution >= 4 is 22.8 Å². The number of fused-ring (bicyclic) bond motifs is 1. The summed E-state index contributed by atoms with van der Waals surface area (Å²) in [7, 11) is 0. The van der Waals surface area contributed by atoms with Gasteiger partial charge < -0.3 is 15.8 Å². The molecule has 3 rings (SSSR count). The minimum Gasteiger partial charge on any atom is -0.472 e. The molecule has 0 saturated heterocycles. The summed E-state index contributed by atoms with van der Waals surface area (Å²) in [6, 6.07) is 13.4. The van der Waals surface area contributed by atoms with Gasteiger partial charge in [-0.3, -0.25) is 0 Å². The molecule has 7 heteroatoms. The number of anilines is 2. The van der Waals surface area contributed by atoms with Crippen LogP contribution in [0.1, 0.15) is 11.1 Å². The summed E-state index contributed by atoms with van der Waals surface area (Å²) >= 11 is 0. The molecule has 0 aliphatic heterocycles. The Labute approximate surface area is 144 Å². The molecule has 0 aliphatic rings. The van der Waals surface area contributed by atoms with Gasteiger partial charge in [0.15, 0.2) is 5.65 Å². The number of nitrogen functional groups attached to an aromatic ring is 1. The topological polar surface area (TPSA) is 110 Å². The van der Waals surface area contributed by atoms with Crippen LogP contribution in [0.4, 0.5) is 11.8 Å². The van der Waals surface area contributed by atoms with E-state index in [9.17, 15) is 5.26 Å². The van der Waals surface area contributed by atoms with Crippen LogP contribution in [-0.2, 0) is 6.61 Å². The first kappa shape index (κ1) is 16.2. The molecule has 7 nitrogen and oxygen atoms in total. The zero-order valence-corrected chi connectivity index (χ0v) is 13.4. The molecule has 0 spiro atoms. The monoisotopic (exact) mass is 332 g/mol.